The maximum atomic E-state index is 11.7. The van der Waals surface area contributed by atoms with Crippen molar-refractivity contribution in [2.45, 2.75) is 0 Å². The lowest BCUT2D eigenvalue weighted by Gasteiger charge is -2.09. The summed E-state index contributed by atoms with van der Waals surface area (Å²) in [7, 11) is 3.51. The van der Waals surface area contributed by atoms with Crippen molar-refractivity contribution >= 4 is 28.0 Å². The molecule has 0 N–H and O–H groups in total. The Bertz CT molecular complexity index is 513. The fourth-order valence-corrected chi connectivity index (χ4v) is 2.28. The van der Waals surface area contributed by atoms with Crippen LogP contribution in [-0.4, -0.2) is 24.9 Å². The summed E-state index contributed by atoms with van der Waals surface area (Å²) in [4.78, 5) is 14.3. The number of benzene rings is 1. The van der Waals surface area contributed by atoms with E-state index in [-0.39, 0.29) is 5.91 Å². The van der Waals surface area contributed by atoms with E-state index in [2.05, 4.69) is 6.92 Å². The molecule has 15 heavy (non-hydrogen) atoms. The third-order valence-electron chi connectivity index (χ3n) is 2.33. The first-order valence-corrected chi connectivity index (χ1v) is 5.52. The van der Waals surface area contributed by atoms with E-state index in [1.807, 2.05) is 23.6 Å². The molecule has 1 amide bonds. The van der Waals surface area contributed by atoms with Gasteiger partial charge >= 0.3 is 0 Å². The lowest BCUT2D eigenvalue weighted by molar-refractivity contribution is 0.0828. The van der Waals surface area contributed by atoms with Crippen LogP contribution in [-0.2, 0) is 0 Å². The van der Waals surface area contributed by atoms with Crippen molar-refractivity contribution in [3.8, 4) is 0 Å². The van der Waals surface area contributed by atoms with Gasteiger partial charge in [0.1, 0.15) is 0 Å². The van der Waals surface area contributed by atoms with E-state index >= 15 is 0 Å². The van der Waals surface area contributed by atoms with Gasteiger partial charge in [0.25, 0.3) is 5.91 Å². The number of carbonyl (C=O) groups is 1. The second-order valence-electron chi connectivity index (χ2n) is 3.66. The molecule has 0 saturated heterocycles. The third-order valence-corrected chi connectivity index (χ3v) is 3.21. The average molecular weight is 218 g/mol. The average Bonchev–Trinajstić information content (AvgIpc) is 2.59. The van der Waals surface area contributed by atoms with Crippen LogP contribution < -0.4 is 0 Å². The Labute approximate surface area is 93.1 Å². The molecule has 0 aliphatic carbocycles. The lowest BCUT2D eigenvalue weighted by atomic mass is 10.1. The number of hydrogen-bond donors (Lipinski definition) is 0. The highest BCUT2D eigenvalue weighted by molar-refractivity contribution is 7.11. The molecule has 2 nitrogen and oxygen atoms in total. The summed E-state index contributed by atoms with van der Waals surface area (Å²) in [6, 6.07) is 5.74. The number of thiophene rings is 1. The van der Waals surface area contributed by atoms with Crippen LogP contribution in [0.5, 0.6) is 0 Å². The van der Waals surface area contributed by atoms with Crippen molar-refractivity contribution in [3.63, 3.8) is 0 Å². The van der Waals surface area contributed by atoms with E-state index in [1.54, 1.807) is 30.3 Å². The molecular formula is C12H12NOS. The first-order valence-electron chi connectivity index (χ1n) is 4.64. The molecular weight excluding hydrogens is 206 g/mol. The number of fused-ring (bicyclic) bond motifs is 1. The van der Waals surface area contributed by atoms with Crippen LogP contribution >= 0.6 is 11.3 Å². The van der Waals surface area contributed by atoms with Crippen molar-refractivity contribution in [1.82, 2.24) is 4.90 Å². The van der Waals surface area contributed by atoms with Crippen LogP contribution in [0.3, 0.4) is 0 Å². The summed E-state index contributed by atoms with van der Waals surface area (Å²) in [6.45, 7) is 3.94. The molecule has 0 spiro atoms. The highest BCUT2D eigenvalue weighted by Gasteiger charge is 2.09. The molecule has 1 heterocycles. The predicted molar refractivity (Wildman–Crippen MR) is 64.3 cm³/mol. The number of carbonyl (C=O) groups excluding carboxylic acids is 1. The largest absolute Gasteiger partial charge is 0.345 e. The van der Waals surface area contributed by atoms with E-state index < -0.39 is 0 Å². The van der Waals surface area contributed by atoms with Crippen molar-refractivity contribution in [2.75, 3.05) is 14.1 Å². The fourth-order valence-electron chi connectivity index (χ4n) is 1.50. The fraction of sp³-hybridized carbons (Fsp3) is 0.167. The molecule has 0 aliphatic heterocycles. The Kier molecular flexibility index (Phi) is 2.49. The Morgan fingerprint density at radius 1 is 1.40 bits per heavy atom. The number of rotatable bonds is 1. The molecule has 0 atom stereocenters. The van der Waals surface area contributed by atoms with Crippen molar-refractivity contribution in [2.24, 2.45) is 0 Å². The molecule has 2 rings (SSSR count). The standard InChI is InChI=1S/C12H12NOS/c1-8-11-5-4-9(12(14)13(2)3)6-10(11)7-15-8/h4-7H,1H2,2-3H3. The highest BCUT2D eigenvalue weighted by atomic mass is 32.1. The van der Waals surface area contributed by atoms with Crippen LogP contribution in [0.25, 0.3) is 10.8 Å². The van der Waals surface area contributed by atoms with Crippen molar-refractivity contribution in [1.29, 1.82) is 0 Å². The monoisotopic (exact) mass is 218 g/mol. The van der Waals surface area contributed by atoms with Gasteiger partial charge in [-0.05, 0) is 35.2 Å². The van der Waals surface area contributed by atoms with Gasteiger partial charge in [-0.1, -0.05) is 6.07 Å². The van der Waals surface area contributed by atoms with E-state index in [0.29, 0.717) is 0 Å². The zero-order valence-electron chi connectivity index (χ0n) is 8.78. The molecule has 1 aromatic heterocycles. The second-order valence-corrected chi connectivity index (χ2v) is 4.62. The van der Waals surface area contributed by atoms with Gasteiger partial charge in [-0.25, -0.2) is 0 Å². The third kappa shape index (κ3) is 1.75. The molecule has 3 heteroatoms. The predicted octanol–water partition coefficient (Wildman–Crippen LogP) is 2.79. The van der Waals surface area contributed by atoms with Gasteiger partial charge in [0.05, 0.1) is 0 Å². The second kappa shape index (κ2) is 3.66. The minimum Gasteiger partial charge on any atom is -0.345 e. The van der Waals surface area contributed by atoms with Crippen molar-refractivity contribution in [3.05, 3.63) is 40.9 Å². The molecule has 0 unspecified atom stereocenters. The van der Waals surface area contributed by atoms with Gasteiger partial charge in [-0.15, -0.1) is 11.3 Å². The van der Waals surface area contributed by atoms with Gasteiger partial charge in [0.15, 0.2) is 0 Å². The highest BCUT2D eigenvalue weighted by Crippen LogP contribution is 2.25. The Balaban J connectivity index is 2.52. The maximum absolute atomic E-state index is 11.7. The molecule has 1 aromatic carbocycles. The summed E-state index contributed by atoms with van der Waals surface area (Å²) in [5.41, 5.74) is 0.727. The summed E-state index contributed by atoms with van der Waals surface area (Å²) in [5, 5.41) is 4.26. The van der Waals surface area contributed by atoms with Crippen LogP contribution in [0.2, 0.25) is 0 Å². The first-order chi connectivity index (χ1) is 7.09. The van der Waals surface area contributed by atoms with Gasteiger partial charge in [-0.2, -0.15) is 0 Å². The Morgan fingerprint density at radius 2 is 2.13 bits per heavy atom. The summed E-state index contributed by atoms with van der Waals surface area (Å²) in [6.07, 6.45) is 0. The van der Waals surface area contributed by atoms with E-state index in [9.17, 15) is 4.79 Å². The number of amides is 1. The van der Waals surface area contributed by atoms with Crippen LogP contribution in [0.15, 0.2) is 23.6 Å². The molecule has 77 valence electrons. The summed E-state index contributed by atoms with van der Waals surface area (Å²) < 4.78 is 0. The SMILES string of the molecule is [CH2]c1scc2cc(C(=O)N(C)C)ccc12. The van der Waals surface area contributed by atoms with Crippen LogP contribution in [0.4, 0.5) is 0 Å². The van der Waals surface area contributed by atoms with Crippen LogP contribution in [0.1, 0.15) is 15.2 Å². The number of nitrogens with zero attached hydrogens (tertiary/aromatic N) is 1. The minimum atomic E-state index is 0.0358. The first kappa shape index (κ1) is 10.2. The van der Waals surface area contributed by atoms with Gasteiger partial charge in [-0.3, -0.25) is 4.79 Å². The molecule has 0 bridgehead atoms. The normalized spacial score (nSPS) is 10.6. The summed E-state index contributed by atoms with van der Waals surface area (Å²) in [5.74, 6) is 0.0358. The van der Waals surface area contributed by atoms with E-state index in [4.69, 9.17) is 0 Å². The molecule has 0 fully saturated rings. The summed E-state index contributed by atoms with van der Waals surface area (Å²) >= 11 is 1.61. The van der Waals surface area contributed by atoms with E-state index in [0.717, 1.165) is 21.2 Å². The number of hydrogen-bond acceptors (Lipinski definition) is 2. The van der Waals surface area contributed by atoms with Gasteiger partial charge in [0, 0.05) is 24.5 Å². The molecule has 1 radical (unpaired) electrons. The van der Waals surface area contributed by atoms with Gasteiger partial charge in [0.2, 0.25) is 0 Å². The van der Waals surface area contributed by atoms with Crippen molar-refractivity contribution < 1.29 is 4.79 Å². The smallest absolute Gasteiger partial charge is 0.253 e. The zero-order chi connectivity index (χ0) is 11.0. The minimum absolute atomic E-state index is 0.0358. The molecule has 2 aromatic rings. The van der Waals surface area contributed by atoms with Crippen LogP contribution in [0, 0.1) is 6.92 Å². The zero-order valence-corrected chi connectivity index (χ0v) is 9.60. The topological polar surface area (TPSA) is 20.3 Å². The van der Waals surface area contributed by atoms with Gasteiger partial charge < -0.3 is 4.90 Å². The molecule has 0 saturated carbocycles. The Morgan fingerprint density at radius 3 is 2.80 bits per heavy atom. The molecule has 0 aliphatic rings. The van der Waals surface area contributed by atoms with E-state index in [1.165, 1.54) is 0 Å². The lowest BCUT2D eigenvalue weighted by Crippen LogP contribution is -2.21. The quantitative estimate of drug-likeness (QED) is 0.720. The Hall–Kier alpha value is -1.35. The maximum Gasteiger partial charge on any atom is 0.253 e.